The number of hydrogen-bond donors (Lipinski definition) is 4. The van der Waals surface area contributed by atoms with Gasteiger partial charge in [0, 0.05) is 49.9 Å². The first-order valence-electron chi connectivity index (χ1n) is 14.2. The van der Waals surface area contributed by atoms with Crippen LogP contribution in [-0.2, 0) is 32.0 Å². The Kier molecular flexibility index (Phi) is 13.3. The van der Waals surface area contributed by atoms with Gasteiger partial charge in [0.05, 0.1) is 6.61 Å². The Bertz CT molecular complexity index is 1250. The number of carbonyl (C=O) groups excluding carboxylic acids is 3. The number of likely N-dealkylation sites (tertiary alicyclic amines) is 1. The fourth-order valence-corrected chi connectivity index (χ4v) is 5.47. The topological polar surface area (TPSA) is 141 Å². The number of hydrogen-bond acceptors (Lipinski definition) is 6. The van der Waals surface area contributed by atoms with E-state index in [1.807, 2.05) is 29.2 Å². The van der Waals surface area contributed by atoms with Crippen LogP contribution in [0.2, 0.25) is 0 Å². The molecule has 10 nitrogen and oxygen atoms in total. The number of carbonyl (C=O) groups is 3. The minimum atomic E-state index is -1.08. The lowest BCUT2D eigenvalue weighted by Crippen LogP contribution is -2.57. The van der Waals surface area contributed by atoms with Crippen LogP contribution in [0.1, 0.15) is 30.9 Å². The summed E-state index contributed by atoms with van der Waals surface area (Å²) in [6.45, 7) is 3.37. The molecule has 1 saturated heterocycles. The van der Waals surface area contributed by atoms with E-state index < -0.39 is 41.7 Å². The molecule has 0 aliphatic carbocycles. The van der Waals surface area contributed by atoms with E-state index in [1.54, 1.807) is 6.92 Å². The number of anilines is 1. The summed E-state index contributed by atoms with van der Waals surface area (Å²) < 4.78 is 18.7. The molecule has 1 aliphatic heterocycles. The third kappa shape index (κ3) is 10.00. The van der Waals surface area contributed by atoms with E-state index in [4.69, 9.17) is 39.1 Å². The van der Waals surface area contributed by atoms with Crippen LogP contribution in [-0.4, -0.2) is 84.8 Å². The van der Waals surface area contributed by atoms with Gasteiger partial charge in [-0.05, 0) is 55.2 Å². The summed E-state index contributed by atoms with van der Waals surface area (Å²) in [6, 6.07) is 10.3. The molecule has 0 radical (unpaired) electrons. The Hall–Kier alpha value is -3.57. The first-order chi connectivity index (χ1) is 20.7. The van der Waals surface area contributed by atoms with E-state index in [0.717, 1.165) is 11.3 Å². The predicted octanol–water partition coefficient (Wildman–Crippen LogP) is 2.79. The molecule has 1 aliphatic rings. The highest BCUT2D eigenvalue weighted by atomic mass is 35.5. The molecule has 5 N–H and O–H groups in total. The van der Waals surface area contributed by atoms with Gasteiger partial charge in [0.15, 0.2) is 5.96 Å². The number of alkyl halides is 2. The zero-order chi connectivity index (χ0) is 31.4. The van der Waals surface area contributed by atoms with Gasteiger partial charge in [-0.1, -0.05) is 24.3 Å². The Labute approximate surface area is 261 Å². The van der Waals surface area contributed by atoms with Gasteiger partial charge in [-0.15, -0.1) is 23.2 Å². The Balaban J connectivity index is 1.88. The van der Waals surface area contributed by atoms with Gasteiger partial charge in [-0.3, -0.25) is 15.0 Å². The number of amides is 2. The molecule has 2 aromatic carbocycles. The van der Waals surface area contributed by atoms with Gasteiger partial charge in [0.2, 0.25) is 11.8 Å². The molecule has 0 unspecified atom stereocenters. The Morgan fingerprint density at radius 1 is 1.07 bits per heavy atom. The van der Waals surface area contributed by atoms with Gasteiger partial charge in [0.1, 0.15) is 23.9 Å². The third-order valence-electron chi connectivity index (χ3n) is 7.16. The number of nitrogens with zero attached hydrogens (tertiary/aromatic N) is 2. The van der Waals surface area contributed by atoms with Crippen LogP contribution in [0.3, 0.4) is 0 Å². The van der Waals surface area contributed by atoms with Gasteiger partial charge in [-0.25, -0.2) is 9.18 Å². The van der Waals surface area contributed by atoms with Crippen molar-refractivity contribution in [1.29, 1.82) is 5.41 Å². The summed E-state index contributed by atoms with van der Waals surface area (Å²) in [5.74, 6) is -1.52. The van der Waals surface area contributed by atoms with Crippen molar-refractivity contribution in [2.75, 3.05) is 42.9 Å². The third-order valence-corrected chi connectivity index (χ3v) is 7.50. The van der Waals surface area contributed by atoms with Crippen LogP contribution < -0.4 is 21.3 Å². The summed E-state index contributed by atoms with van der Waals surface area (Å²) in [6.07, 6.45) is 1.33. The summed E-state index contributed by atoms with van der Waals surface area (Å²) >= 11 is 12.0. The maximum absolute atomic E-state index is 13.8. The lowest BCUT2D eigenvalue weighted by molar-refractivity contribution is -0.147. The molecular weight excluding hydrogens is 598 g/mol. The highest BCUT2D eigenvalue weighted by Gasteiger charge is 2.35. The summed E-state index contributed by atoms with van der Waals surface area (Å²) in [7, 11) is 0. The lowest BCUT2D eigenvalue weighted by atomic mass is 10.0. The van der Waals surface area contributed by atoms with Crippen molar-refractivity contribution >= 4 is 52.6 Å². The van der Waals surface area contributed by atoms with E-state index in [9.17, 15) is 18.8 Å². The van der Waals surface area contributed by atoms with E-state index in [0.29, 0.717) is 49.8 Å². The lowest BCUT2D eigenvalue weighted by Gasteiger charge is -2.28. The number of esters is 1. The molecule has 2 aromatic rings. The number of benzene rings is 2. The number of nitrogens with one attached hydrogen (secondary N) is 3. The van der Waals surface area contributed by atoms with Crippen molar-refractivity contribution in [3.05, 3.63) is 65.5 Å². The van der Waals surface area contributed by atoms with Gasteiger partial charge < -0.3 is 30.9 Å². The number of rotatable bonds is 15. The Morgan fingerprint density at radius 2 is 1.74 bits per heavy atom. The highest BCUT2D eigenvalue weighted by Crippen LogP contribution is 2.20. The second-order valence-corrected chi connectivity index (χ2v) is 10.9. The smallest absolute Gasteiger partial charge is 0.328 e. The fourth-order valence-electron chi connectivity index (χ4n) is 5.06. The molecule has 3 rings (SSSR count). The van der Waals surface area contributed by atoms with Gasteiger partial charge in [0.25, 0.3) is 0 Å². The summed E-state index contributed by atoms with van der Waals surface area (Å²) in [5, 5.41) is 13.4. The van der Waals surface area contributed by atoms with Crippen LogP contribution in [0.5, 0.6) is 0 Å². The van der Waals surface area contributed by atoms with Crippen LogP contribution in [0.25, 0.3) is 0 Å². The number of nitrogens with two attached hydrogens (primary N) is 1. The van der Waals surface area contributed by atoms with Crippen molar-refractivity contribution < 1.29 is 23.5 Å². The van der Waals surface area contributed by atoms with Crippen molar-refractivity contribution in [3.63, 3.8) is 0 Å². The molecular formula is C30H39Cl2FN6O4. The number of guanidine groups is 1. The zero-order valence-electron chi connectivity index (χ0n) is 24.2. The van der Waals surface area contributed by atoms with Gasteiger partial charge >= 0.3 is 5.97 Å². The minimum Gasteiger partial charge on any atom is -0.464 e. The summed E-state index contributed by atoms with van der Waals surface area (Å²) in [5.41, 5.74) is 7.94. The number of halogens is 3. The van der Waals surface area contributed by atoms with Crippen LogP contribution in [0, 0.1) is 11.2 Å². The standard InChI is InChI=1S/C30H39Cl2FN6O4/c1-2-43-29(42)25(18-20-8-10-22(33)11-9-20)37-27(40)24(36-28(41)26-7-4-14-39(26)30(34)35)19-21-5-3-6-23(17-21)38(15-12-31)16-13-32/h3,5-6,8-11,17,24-26H,2,4,7,12-16,18-19H2,1H3,(H3,34,35)(H,36,41)(H,37,40)/t24-,25-,26-/m0/s1. The van der Waals surface area contributed by atoms with Crippen LogP contribution >= 0.6 is 23.2 Å². The van der Waals surface area contributed by atoms with Crippen LogP contribution in [0.15, 0.2) is 48.5 Å². The maximum atomic E-state index is 13.8. The predicted molar refractivity (Wildman–Crippen MR) is 166 cm³/mol. The zero-order valence-corrected chi connectivity index (χ0v) is 25.7. The molecule has 0 spiro atoms. The number of ether oxygens (including phenoxy) is 1. The first kappa shape index (κ1) is 33.9. The van der Waals surface area contributed by atoms with E-state index >= 15 is 0 Å². The van der Waals surface area contributed by atoms with Crippen molar-refractivity contribution in [1.82, 2.24) is 15.5 Å². The molecule has 43 heavy (non-hydrogen) atoms. The SMILES string of the molecule is CCOC(=O)[C@H](Cc1ccc(F)cc1)NC(=O)[C@H](Cc1cccc(N(CCCl)CCCl)c1)NC(=O)[C@@H]1CCCN1C(=N)N. The quantitative estimate of drug-likeness (QED) is 0.102. The van der Waals surface area contributed by atoms with Crippen molar-refractivity contribution in [2.24, 2.45) is 5.73 Å². The molecule has 0 bridgehead atoms. The molecule has 0 saturated carbocycles. The average Bonchev–Trinajstić information content (AvgIpc) is 3.49. The molecule has 1 fully saturated rings. The average molecular weight is 638 g/mol. The van der Waals surface area contributed by atoms with Crippen molar-refractivity contribution in [3.8, 4) is 0 Å². The molecule has 1 heterocycles. The van der Waals surface area contributed by atoms with Crippen LogP contribution in [0.4, 0.5) is 10.1 Å². The molecule has 2 amide bonds. The maximum Gasteiger partial charge on any atom is 0.328 e. The monoisotopic (exact) mass is 636 g/mol. The fraction of sp³-hybridized carbons (Fsp3) is 0.467. The molecule has 234 valence electrons. The largest absolute Gasteiger partial charge is 0.464 e. The first-order valence-corrected chi connectivity index (χ1v) is 15.3. The van der Waals surface area contributed by atoms with E-state index in [-0.39, 0.29) is 25.4 Å². The normalized spacial score (nSPS) is 15.8. The second-order valence-electron chi connectivity index (χ2n) is 10.2. The molecule has 3 atom stereocenters. The molecule has 0 aromatic heterocycles. The van der Waals surface area contributed by atoms with Gasteiger partial charge in [-0.2, -0.15) is 0 Å². The van der Waals surface area contributed by atoms with E-state index in [2.05, 4.69) is 10.6 Å². The molecule has 13 heteroatoms. The van der Waals surface area contributed by atoms with Crippen molar-refractivity contribution in [2.45, 2.75) is 50.7 Å². The second kappa shape index (κ2) is 16.9. The summed E-state index contributed by atoms with van der Waals surface area (Å²) in [4.78, 5) is 43.6. The highest BCUT2D eigenvalue weighted by molar-refractivity contribution is 6.18. The Morgan fingerprint density at radius 3 is 2.37 bits per heavy atom. The minimum absolute atomic E-state index is 0.0631. The van der Waals surface area contributed by atoms with E-state index in [1.165, 1.54) is 29.2 Å².